The second-order valence-electron chi connectivity index (χ2n) is 3.43. The van der Waals surface area contributed by atoms with Crippen molar-refractivity contribution >= 4 is 6.21 Å². The van der Waals surface area contributed by atoms with Crippen LogP contribution in [0, 0.1) is 0 Å². The number of hydrogen-bond donors (Lipinski definition) is 2. The third-order valence-electron chi connectivity index (χ3n) is 2.29. The van der Waals surface area contributed by atoms with Crippen molar-refractivity contribution in [2.75, 3.05) is 6.54 Å². The van der Waals surface area contributed by atoms with Crippen molar-refractivity contribution < 1.29 is 0 Å². The lowest BCUT2D eigenvalue weighted by Crippen LogP contribution is -2.27. The van der Waals surface area contributed by atoms with Crippen LogP contribution in [0.3, 0.4) is 0 Å². The van der Waals surface area contributed by atoms with E-state index in [1.165, 1.54) is 11.6 Å². The summed E-state index contributed by atoms with van der Waals surface area (Å²) in [6.07, 6.45) is 5.32. The SMILES string of the molecule is O=c1cc(CCC2=CC=NC2)[nH][nH]c1=O. The van der Waals surface area contributed by atoms with Crippen LogP contribution in [0.5, 0.6) is 0 Å². The summed E-state index contributed by atoms with van der Waals surface area (Å²) in [5, 5.41) is 5.00. The Morgan fingerprint density at radius 2 is 2.13 bits per heavy atom. The first-order valence-corrected chi connectivity index (χ1v) is 4.74. The van der Waals surface area contributed by atoms with Crippen molar-refractivity contribution in [3.05, 3.63) is 44.0 Å². The minimum atomic E-state index is -0.609. The molecular formula is C10H11N3O2. The average molecular weight is 205 g/mol. The molecule has 0 spiro atoms. The zero-order chi connectivity index (χ0) is 10.7. The van der Waals surface area contributed by atoms with E-state index in [1.54, 1.807) is 6.21 Å². The molecule has 0 aromatic carbocycles. The first kappa shape index (κ1) is 9.64. The second kappa shape index (κ2) is 4.08. The molecule has 2 N–H and O–H groups in total. The van der Waals surface area contributed by atoms with Crippen molar-refractivity contribution in [3.8, 4) is 0 Å². The summed E-state index contributed by atoms with van der Waals surface area (Å²) >= 11 is 0. The third kappa shape index (κ3) is 2.31. The highest BCUT2D eigenvalue weighted by atomic mass is 16.2. The van der Waals surface area contributed by atoms with Gasteiger partial charge < -0.3 is 5.10 Å². The van der Waals surface area contributed by atoms with Gasteiger partial charge >= 0.3 is 5.56 Å². The third-order valence-corrected chi connectivity index (χ3v) is 2.29. The fraction of sp³-hybridized carbons (Fsp3) is 0.300. The fourth-order valence-corrected chi connectivity index (χ4v) is 1.43. The molecule has 15 heavy (non-hydrogen) atoms. The van der Waals surface area contributed by atoms with E-state index >= 15 is 0 Å². The number of nitrogens with one attached hydrogen (secondary N) is 2. The average Bonchev–Trinajstić information content (AvgIpc) is 2.73. The van der Waals surface area contributed by atoms with Crippen LogP contribution in [0.1, 0.15) is 12.1 Å². The maximum atomic E-state index is 11.0. The van der Waals surface area contributed by atoms with Gasteiger partial charge in [0.15, 0.2) is 0 Å². The lowest BCUT2D eigenvalue weighted by Gasteiger charge is -2.00. The minimum absolute atomic E-state index is 0.500. The van der Waals surface area contributed by atoms with Gasteiger partial charge in [-0.1, -0.05) is 0 Å². The molecule has 0 aliphatic carbocycles. The number of aryl methyl sites for hydroxylation is 1. The number of allylic oxidation sites excluding steroid dienone is 1. The number of hydrogen-bond acceptors (Lipinski definition) is 3. The minimum Gasteiger partial charge on any atom is -0.302 e. The number of nitrogens with zero attached hydrogens (tertiary/aromatic N) is 1. The van der Waals surface area contributed by atoms with Crippen LogP contribution in [-0.4, -0.2) is 23.0 Å². The Hall–Kier alpha value is -1.91. The van der Waals surface area contributed by atoms with Crippen LogP contribution in [0.4, 0.5) is 0 Å². The van der Waals surface area contributed by atoms with Crippen molar-refractivity contribution in [3.63, 3.8) is 0 Å². The molecule has 1 aliphatic rings. The molecule has 0 radical (unpaired) electrons. The van der Waals surface area contributed by atoms with Crippen LogP contribution in [0.15, 0.2) is 32.3 Å². The van der Waals surface area contributed by atoms with E-state index in [0.29, 0.717) is 6.42 Å². The Labute approximate surface area is 85.6 Å². The van der Waals surface area contributed by atoms with Crippen molar-refractivity contribution in [2.45, 2.75) is 12.8 Å². The molecule has 0 bridgehead atoms. The number of H-pyrrole nitrogens is 2. The van der Waals surface area contributed by atoms with Gasteiger partial charge in [0.1, 0.15) is 0 Å². The maximum absolute atomic E-state index is 11.0. The lowest BCUT2D eigenvalue weighted by atomic mass is 10.1. The molecule has 0 saturated carbocycles. The smallest absolute Gasteiger partial charge is 0.302 e. The zero-order valence-electron chi connectivity index (χ0n) is 8.12. The van der Waals surface area contributed by atoms with Gasteiger partial charge in [0, 0.05) is 18.0 Å². The fourth-order valence-electron chi connectivity index (χ4n) is 1.43. The highest BCUT2D eigenvalue weighted by Crippen LogP contribution is 2.08. The second-order valence-corrected chi connectivity index (χ2v) is 3.43. The summed E-state index contributed by atoms with van der Waals surface area (Å²) < 4.78 is 0. The molecule has 0 amide bonds. The first-order valence-electron chi connectivity index (χ1n) is 4.74. The molecule has 1 aromatic rings. The van der Waals surface area contributed by atoms with Gasteiger partial charge in [-0.2, -0.15) is 0 Å². The van der Waals surface area contributed by atoms with E-state index in [-0.39, 0.29) is 0 Å². The van der Waals surface area contributed by atoms with Crippen molar-refractivity contribution in [2.24, 2.45) is 4.99 Å². The predicted molar refractivity (Wildman–Crippen MR) is 57.4 cm³/mol. The van der Waals surface area contributed by atoms with Crippen LogP contribution < -0.4 is 11.0 Å². The largest absolute Gasteiger partial charge is 0.310 e. The van der Waals surface area contributed by atoms with E-state index in [2.05, 4.69) is 15.2 Å². The standard InChI is InChI=1S/C10H11N3O2/c14-9-5-8(12-13-10(9)15)2-1-7-3-4-11-6-7/h3-5H,1-2,6H2,(H,12,14)(H,13,15). The van der Waals surface area contributed by atoms with Crippen molar-refractivity contribution in [1.82, 2.24) is 10.2 Å². The molecule has 1 aromatic heterocycles. The Kier molecular flexibility index (Phi) is 2.62. The van der Waals surface area contributed by atoms with Gasteiger partial charge in [-0.3, -0.25) is 19.7 Å². The van der Waals surface area contributed by atoms with Gasteiger partial charge in [-0.15, -0.1) is 0 Å². The molecule has 5 nitrogen and oxygen atoms in total. The predicted octanol–water partition coefficient (Wildman–Crippen LogP) is 0.00660. The number of aliphatic imine (C=N–C) groups is 1. The Balaban J connectivity index is 2.02. The van der Waals surface area contributed by atoms with Crippen LogP contribution in [0.2, 0.25) is 0 Å². The molecule has 0 atom stereocenters. The number of rotatable bonds is 3. The summed E-state index contributed by atoms with van der Waals surface area (Å²) in [5.74, 6) is 0. The quantitative estimate of drug-likeness (QED) is 0.681. The molecule has 2 rings (SSSR count). The summed E-state index contributed by atoms with van der Waals surface area (Å²) in [5.41, 5.74) is 0.872. The summed E-state index contributed by atoms with van der Waals surface area (Å²) in [6, 6.07) is 1.34. The first-order chi connectivity index (χ1) is 7.25. The van der Waals surface area contributed by atoms with Gasteiger partial charge in [0.05, 0.1) is 6.54 Å². The highest BCUT2D eigenvalue weighted by Gasteiger charge is 2.02. The van der Waals surface area contributed by atoms with E-state index < -0.39 is 11.0 Å². The van der Waals surface area contributed by atoms with Gasteiger partial charge in [-0.05, 0) is 24.5 Å². The molecule has 0 unspecified atom stereocenters. The summed E-state index contributed by atoms with van der Waals surface area (Å²) in [7, 11) is 0. The number of aromatic nitrogens is 2. The Morgan fingerprint density at radius 1 is 1.27 bits per heavy atom. The molecular weight excluding hydrogens is 194 g/mol. The maximum Gasteiger partial charge on any atom is 0.310 e. The highest BCUT2D eigenvalue weighted by molar-refractivity contribution is 5.75. The monoisotopic (exact) mass is 205 g/mol. The van der Waals surface area contributed by atoms with E-state index in [4.69, 9.17) is 0 Å². The number of aromatic amines is 2. The van der Waals surface area contributed by atoms with Crippen LogP contribution >= 0.6 is 0 Å². The summed E-state index contributed by atoms with van der Waals surface area (Å²) in [6.45, 7) is 0.744. The van der Waals surface area contributed by atoms with E-state index in [1.807, 2.05) is 6.08 Å². The Morgan fingerprint density at radius 3 is 2.80 bits per heavy atom. The molecule has 0 fully saturated rings. The lowest BCUT2D eigenvalue weighted by molar-refractivity contribution is 0.825. The Bertz CT molecular complexity index is 522. The van der Waals surface area contributed by atoms with Crippen molar-refractivity contribution in [1.29, 1.82) is 0 Å². The normalized spacial score (nSPS) is 14.3. The molecule has 5 heteroatoms. The topological polar surface area (TPSA) is 78.1 Å². The molecule has 78 valence electrons. The zero-order valence-corrected chi connectivity index (χ0v) is 8.12. The molecule has 1 aliphatic heterocycles. The van der Waals surface area contributed by atoms with E-state index in [9.17, 15) is 9.59 Å². The molecule has 2 heterocycles. The summed E-state index contributed by atoms with van der Waals surface area (Å²) in [4.78, 5) is 25.9. The van der Waals surface area contributed by atoms with Gasteiger partial charge in [-0.25, -0.2) is 0 Å². The molecule has 0 saturated heterocycles. The van der Waals surface area contributed by atoms with Crippen LogP contribution in [0.25, 0.3) is 0 Å². The van der Waals surface area contributed by atoms with Gasteiger partial charge in [0.25, 0.3) is 0 Å². The van der Waals surface area contributed by atoms with Crippen LogP contribution in [-0.2, 0) is 6.42 Å². The van der Waals surface area contributed by atoms with Gasteiger partial charge in [0.2, 0.25) is 5.43 Å². The van der Waals surface area contributed by atoms with E-state index in [0.717, 1.165) is 18.7 Å².